The van der Waals surface area contributed by atoms with Gasteiger partial charge in [-0.25, -0.2) is 4.98 Å². The maximum absolute atomic E-state index is 11.7. The number of aromatic nitrogens is 2. The first kappa shape index (κ1) is 9.89. The lowest BCUT2D eigenvalue weighted by Crippen LogP contribution is -2.22. The number of aromatic amines is 1. The van der Waals surface area contributed by atoms with E-state index in [-0.39, 0.29) is 23.8 Å². The molecule has 0 atom stereocenters. The molecular formula is C10H13N3O2. The standard InChI is InChI=1S/C10H13N3O2/c1-5(2)8-11-9-6(10(15)12-8)4-7(14)13(9)3/h5H,4H2,1-3H3,(H,11,12,15). The van der Waals surface area contributed by atoms with Gasteiger partial charge in [0.25, 0.3) is 5.56 Å². The van der Waals surface area contributed by atoms with Gasteiger partial charge in [-0.05, 0) is 0 Å². The Bertz CT molecular complexity index is 476. The summed E-state index contributed by atoms with van der Waals surface area (Å²) >= 11 is 0. The second-order valence-electron chi connectivity index (χ2n) is 4.04. The minimum Gasteiger partial charge on any atom is -0.310 e. The molecule has 0 unspecified atom stereocenters. The SMILES string of the molecule is CC(C)c1nc2c(c(=O)[nH]1)CC(=O)N2C. The Labute approximate surface area is 87.1 Å². The van der Waals surface area contributed by atoms with Crippen LogP contribution in [0.25, 0.3) is 0 Å². The van der Waals surface area contributed by atoms with E-state index in [2.05, 4.69) is 9.97 Å². The Morgan fingerprint density at radius 1 is 1.40 bits per heavy atom. The van der Waals surface area contributed by atoms with Crippen LogP contribution in [0.4, 0.5) is 5.82 Å². The molecule has 1 aromatic rings. The average molecular weight is 207 g/mol. The molecule has 0 saturated carbocycles. The van der Waals surface area contributed by atoms with Crippen LogP contribution in [0.5, 0.6) is 0 Å². The predicted octanol–water partition coefficient (Wildman–Crippen LogP) is 0.412. The summed E-state index contributed by atoms with van der Waals surface area (Å²) in [5.41, 5.74) is 0.285. The Morgan fingerprint density at radius 2 is 2.07 bits per heavy atom. The highest BCUT2D eigenvalue weighted by molar-refractivity contribution is 5.99. The second kappa shape index (κ2) is 3.18. The summed E-state index contributed by atoms with van der Waals surface area (Å²) in [5.74, 6) is 1.20. The van der Waals surface area contributed by atoms with E-state index in [1.807, 2.05) is 13.8 Å². The minimum atomic E-state index is -0.193. The predicted molar refractivity (Wildman–Crippen MR) is 56.1 cm³/mol. The Balaban J connectivity index is 2.62. The number of fused-ring (bicyclic) bond motifs is 1. The molecule has 0 aromatic carbocycles. The second-order valence-corrected chi connectivity index (χ2v) is 4.04. The van der Waals surface area contributed by atoms with Crippen molar-refractivity contribution >= 4 is 11.7 Å². The lowest BCUT2D eigenvalue weighted by Gasteiger charge is -2.11. The van der Waals surface area contributed by atoms with Gasteiger partial charge in [-0.15, -0.1) is 0 Å². The van der Waals surface area contributed by atoms with Crippen molar-refractivity contribution in [3.05, 3.63) is 21.7 Å². The van der Waals surface area contributed by atoms with Gasteiger partial charge in [0.1, 0.15) is 11.6 Å². The Morgan fingerprint density at radius 3 is 2.67 bits per heavy atom. The van der Waals surface area contributed by atoms with Crippen molar-refractivity contribution in [3.8, 4) is 0 Å². The van der Waals surface area contributed by atoms with Gasteiger partial charge in [0.15, 0.2) is 0 Å². The number of rotatable bonds is 1. The fourth-order valence-corrected chi connectivity index (χ4v) is 1.60. The van der Waals surface area contributed by atoms with E-state index >= 15 is 0 Å². The van der Waals surface area contributed by atoms with Gasteiger partial charge in [0, 0.05) is 13.0 Å². The van der Waals surface area contributed by atoms with Crippen LogP contribution in [0.3, 0.4) is 0 Å². The smallest absolute Gasteiger partial charge is 0.256 e. The first-order chi connectivity index (χ1) is 7.00. The first-order valence-electron chi connectivity index (χ1n) is 4.90. The number of amides is 1. The first-order valence-corrected chi connectivity index (χ1v) is 4.90. The molecule has 0 spiro atoms. The molecule has 5 heteroatoms. The summed E-state index contributed by atoms with van der Waals surface area (Å²) in [5, 5.41) is 0. The number of hydrogen-bond donors (Lipinski definition) is 1. The molecule has 80 valence electrons. The zero-order valence-corrected chi connectivity index (χ0v) is 9.00. The van der Waals surface area contributed by atoms with E-state index in [1.54, 1.807) is 7.05 Å². The fourth-order valence-electron chi connectivity index (χ4n) is 1.60. The molecule has 0 bridgehead atoms. The topological polar surface area (TPSA) is 66.1 Å². The van der Waals surface area contributed by atoms with Crippen molar-refractivity contribution in [1.29, 1.82) is 0 Å². The molecule has 1 N–H and O–H groups in total. The number of H-pyrrole nitrogens is 1. The molecule has 5 nitrogen and oxygen atoms in total. The van der Waals surface area contributed by atoms with E-state index in [4.69, 9.17) is 0 Å². The van der Waals surface area contributed by atoms with Crippen LogP contribution in [0.2, 0.25) is 0 Å². The van der Waals surface area contributed by atoms with E-state index in [0.717, 1.165) is 0 Å². The molecule has 2 heterocycles. The van der Waals surface area contributed by atoms with Crippen LogP contribution in [-0.2, 0) is 11.2 Å². The zero-order chi connectivity index (χ0) is 11.2. The van der Waals surface area contributed by atoms with E-state index in [0.29, 0.717) is 17.2 Å². The maximum atomic E-state index is 11.7. The van der Waals surface area contributed by atoms with Crippen LogP contribution in [0.1, 0.15) is 31.2 Å². The van der Waals surface area contributed by atoms with Crippen LogP contribution in [-0.4, -0.2) is 22.9 Å². The molecule has 15 heavy (non-hydrogen) atoms. The highest BCUT2D eigenvalue weighted by Gasteiger charge is 2.28. The summed E-state index contributed by atoms with van der Waals surface area (Å²) in [4.78, 5) is 31.5. The van der Waals surface area contributed by atoms with Crippen LogP contribution >= 0.6 is 0 Å². The number of likely N-dealkylation sites (N-methyl/N-ethyl adjacent to an activating group) is 1. The third kappa shape index (κ3) is 1.44. The highest BCUT2D eigenvalue weighted by atomic mass is 16.2. The number of nitrogens with one attached hydrogen (secondary N) is 1. The van der Waals surface area contributed by atoms with Gasteiger partial charge >= 0.3 is 0 Å². The van der Waals surface area contributed by atoms with Gasteiger partial charge in [-0.3, -0.25) is 14.5 Å². The minimum absolute atomic E-state index is 0.0797. The van der Waals surface area contributed by atoms with Gasteiger partial charge in [-0.1, -0.05) is 13.8 Å². The molecule has 0 radical (unpaired) electrons. The van der Waals surface area contributed by atoms with Crippen molar-refractivity contribution in [2.75, 3.05) is 11.9 Å². The van der Waals surface area contributed by atoms with Crippen molar-refractivity contribution < 1.29 is 4.79 Å². The van der Waals surface area contributed by atoms with Gasteiger partial charge < -0.3 is 4.98 Å². The lowest BCUT2D eigenvalue weighted by molar-refractivity contribution is -0.117. The fraction of sp³-hybridized carbons (Fsp3) is 0.500. The lowest BCUT2D eigenvalue weighted by atomic mass is 10.2. The summed E-state index contributed by atoms with van der Waals surface area (Å²) < 4.78 is 0. The van der Waals surface area contributed by atoms with Crippen molar-refractivity contribution in [3.63, 3.8) is 0 Å². The molecule has 1 aromatic heterocycles. The maximum Gasteiger partial charge on any atom is 0.256 e. The number of hydrogen-bond acceptors (Lipinski definition) is 3. The quantitative estimate of drug-likeness (QED) is 0.725. The number of carbonyl (C=O) groups excluding carboxylic acids is 1. The molecule has 1 aliphatic heterocycles. The monoisotopic (exact) mass is 207 g/mol. The molecule has 0 saturated heterocycles. The van der Waals surface area contributed by atoms with Crippen LogP contribution in [0.15, 0.2) is 4.79 Å². The highest BCUT2D eigenvalue weighted by Crippen LogP contribution is 2.23. The zero-order valence-electron chi connectivity index (χ0n) is 9.00. The molecule has 1 amide bonds. The summed E-state index contributed by atoms with van der Waals surface area (Å²) in [6.07, 6.45) is 0.159. The largest absolute Gasteiger partial charge is 0.310 e. The molecule has 1 aliphatic rings. The average Bonchev–Trinajstić information content (AvgIpc) is 2.45. The molecule has 0 fully saturated rings. The summed E-state index contributed by atoms with van der Waals surface area (Å²) in [7, 11) is 1.64. The Hall–Kier alpha value is -1.65. The van der Waals surface area contributed by atoms with Crippen molar-refractivity contribution in [1.82, 2.24) is 9.97 Å². The van der Waals surface area contributed by atoms with E-state index in [1.165, 1.54) is 4.90 Å². The normalized spacial score (nSPS) is 14.9. The molecule has 2 rings (SSSR count). The van der Waals surface area contributed by atoms with Gasteiger partial charge in [0.05, 0.1) is 12.0 Å². The number of carbonyl (C=O) groups is 1. The van der Waals surface area contributed by atoms with Crippen LogP contribution in [0, 0.1) is 0 Å². The van der Waals surface area contributed by atoms with E-state index in [9.17, 15) is 9.59 Å². The van der Waals surface area contributed by atoms with Gasteiger partial charge in [-0.2, -0.15) is 0 Å². The number of anilines is 1. The van der Waals surface area contributed by atoms with E-state index < -0.39 is 0 Å². The summed E-state index contributed by atoms with van der Waals surface area (Å²) in [6, 6.07) is 0. The van der Waals surface area contributed by atoms with Crippen molar-refractivity contribution in [2.45, 2.75) is 26.2 Å². The van der Waals surface area contributed by atoms with Crippen LogP contribution < -0.4 is 10.5 Å². The summed E-state index contributed by atoms with van der Waals surface area (Å²) in [6.45, 7) is 3.89. The Kier molecular flexibility index (Phi) is 2.10. The third-order valence-corrected chi connectivity index (χ3v) is 2.58. The molecular weight excluding hydrogens is 194 g/mol. The molecule has 0 aliphatic carbocycles. The third-order valence-electron chi connectivity index (χ3n) is 2.58. The number of nitrogens with zero attached hydrogens (tertiary/aromatic N) is 2. The van der Waals surface area contributed by atoms with Gasteiger partial charge in [0.2, 0.25) is 5.91 Å². The van der Waals surface area contributed by atoms with Crippen molar-refractivity contribution in [2.24, 2.45) is 0 Å².